The maximum atomic E-state index is 12.3. The van der Waals surface area contributed by atoms with Crippen molar-refractivity contribution in [1.82, 2.24) is 9.88 Å². The number of hydrogen-bond acceptors (Lipinski definition) is 2. The fourth-order valence-electron chi connectivity index (χ4n) is 2.47. The minimum atomic E-state index is -0.0424. The Balaban J connectivity index is 3.09. The number of nitrogens with zero attached hydrogens (tertiary/aromatic N) is 1. The average Bonchev–Trinajstić information content (AvgIpc) is 2.61. The molecule has 106 valence electrons. The van der Waals surface area contributed by atoms with Crippen molar-refractivity contribution in [2.75, 3.05) is 20.3 Å². The molecule has 0 fully saturated rings. The number of rotatable bonds is 7. The lowest BCUT2D eigenvalue weighted by Crippen LogP contribution is -2.29. The molecule has 1 aromatic heterocycles. The molecular weight excluding hydrogens is 240 g/mol. The summed E-state index contributed by atoms with van der Waals surface area (Å²) < 4.78 is 6.98. The van der Waals surface area contributed by atoms with E-state index in [1.54, 1.807) is 7.11 Å². The van der Waals surface area contributed by atoms with E-state index in [-0.39, 0.29) is 5.91 Å². The van der Waals surface area contributed by atoms with Crippen LogP contribution in [0.25, 0.3) is 0 Å². The van der Waals surface area contributed by atoms with Crippen molar-refractivity contribution < 1.29 is 9.53 Å². The van der Waals surface area contributed by atoms with E-state index in [4.69, 9.17) is 4.74 Å². The highest BCUT2D eigenvalue weighted by Crippen LogP contribution is 2.22. The lowest BCUT2D eigenvalue weighted by molar-refractivity contribution is 0.0927. The van der Waals surface area contributed by atoms with Crippen molar-refractivity contribution in [2.24, 2.45) is 0 Å². The van der Waals surface area contributed by atoms with Crippen LogP contribution in [0.2, 0.25) is 0 Å². The predicted octanol–water partition coefficient (Wildman–Crippen LogP) is 2.23. The van der Waals surface area contributed by atoms with E-state index in [1.807, 2.05) is 17.6 Å². The smallest absolute Gasteiger partial charge is 0.268 e. The molecule has 0 spiro atoms. The number of aromatic nitrogens is 1. The Bertz CT molecular complexity index is 461. The molecule has 4 nitrogen and oxygen atoms in total. The van der Waals surface area contributed by atoms with Gasteiger partial charge in [0.2, 0.25) is 0 Å². The van der Waals surface area contributed by atoms with Gasteiger partial charge < -0.3 is 14.6 Å². The molecular formula is C15H24N2O2. The van der Waals surface area contributed by atoms with Crippen LogP contribution in [0.3, 0.4) is 0 Å². The molecule has 1 aromatic rings. The van der Waals surface area contributed by atoms with E-state index >= 15 is 0 Å². The number of amides is 1. The minimum absolute atomic E-state index is 0.0424. The second-order valence-corrected chi connectivity index (χ2v) is 4.54. The first-order chi connectivity index (χ1) is 9.08. The molecule has 0 bridgehead atoms. The van der Waals surface area contributed by atoms with Crippen molar-refractivity contribution in [1.29, 1.82) is 0 Å². The predicted molar refractivity (Wildman–Crippen MR) is 77.7 cm³/mol. The normalized spacial score (nSPS) is 10.5. The number of nitrogens with one attached hydrogen (secondary N) is 1. The molecule has 1 heterocycles. The Kier molecular flexibility index (Phi) is 5.83. The molecule has 19 heavy (non-hydrogen) atoms. The van der Waals surface area contributed by atoms with Gasteiger partial charge in [0.15, 0.2) is 0 Å². The first-order valence-electron chi connectivity index (χ1n) is 6.65. The van der Waals surface area contributed by atoms with Crippen molar-refractivity contribution in [2.45, 2.75) is 33.7 Å². The minimum Gasteiger partial charge on any atom is -0.383 e. The van der Waals surface area contributed by atoms with Crippen LogP contribution >= 0.6 is 0 Å². The van der Waals surface area contributed by atoms with Gasteiger partial charge in [-0.15, -0.1) is 6.58 Å². The Morgan fingerprint density at radius 3 is 2.68 bits per heavy atom. The van der Waals surface area contributed by atoms with Gasteiger partial charge >= 0.3 is 0 Å². The fourth-order valence-corrected chi connectivity index (χ4v) is 2.47. The van der Waals surface area contributed by atoms with E-state index in [1.165, 1.54) is 5.56 Å². The maximum Gasteiger partial charge on any atom is 0.268 e. The maximum absolute atomic E-state index is 12.3. The molecule has 1 N–H and O–H groups in total. The molecule has 4 heteroatoms. The second-order valence-electron chi connectivity index (χ2n) is 4.54. The monoisotopic (exact) mass is 264 g/mol. The highest BCUT2D eigenvalue weighted by molar-refractivity contribution is 5.95. The van der Waals surface area contributed by atoms with E-state index in [9.17, 15) is 4.79 Å². The van der Waals surface area contributed by atoms with E-state index in [0.717, 1.165) is 23.4 Å². The lowest BCUT2D eigenvalue weighted by atomic mass is 10.1. The Morgan fingerprint density at radius 1 is 1.47 bits per heavy atom. The fraction of sp³-hybridized carbons (Fsp3) is 0.533. The summed E-state index contributed by atoms with van der Waals surface area (Å²) >= 11 is 0. The molecule has 0 aromatic carbocycles. The van der Waals surface area contributed by atoms with Crippen LogP contribution in [0.4, 0.5) is 0 Å². The molecule has 0 aliphatic heterocycles. The zero-order valence-corrected chi connectivity index (χ0v) is 12.4. The van der Waals surface area contributed by atoms with E-state index in [0.29, 0.717) is 19.7 Å². The molecule has 0 saturated carbocycles. The summed E-state index contributed by atoms with van der Waals surface area (Å²) in [7, 11) is 1.62. The molecule has 0 saturated heterocycles. The molecule has 1 rings (SSSR count). The first-order valence-corrected chi connectivity index (χ1v) is 6.65. The van der Waals surface area contributed by atoms with Crippen LogP contribution in [0, 0.1) is 13.8 Å². The van der Waals surface area contributed by atoms with Gasteiger partial charge in [-0.05, 0) is 31.4 Å². The van der Waals surface area contributed by atoms with Gasteiger partial charge in [-0.1, -0.05) is 13.0 Å². The van der Waals surface area contributed by atoms with Gasteiger partial charge in [-0.2, -0.15) is 0 Å². The van der Waals surface area contributed by atoms with Crippen molar-refractivity contribution >= 4 is 5.91 Å². The Labute approximate surface area is 115 Å². The first kappa shape index (κ1) is 15.5. The SMILES string of the molecule is C=CCn1c(C)c(CC)c(C)c1C(=O)NCCOC. The number of allylic oxidation sites excluding steroid dienone is 1. The number of methoxy groups -OCH3 is 1. The van der Waals surface area contributed by atoms with Gasteiger partial charge in [-0.25, -0.2) is 0 Å². The summed E-state index contributed by atoms with van der Waals surface area (Å²) in [5.41, 5.74) is 4.21. The number of ether oxygens (including phenoxy) is 1. The summed E-state index contributed by atoms with van der Waals surface area (Å²) in [5, 5.41) is 2.89. The highest BCUT2D eigenvalue weighted by atomic mass is 16.5. The molecule has 0 radical (unpaired) electrons. The summed E-state index contributed by atoms with van der Waals surface area (Å²) in [6.07, 6.45) is 2.75. The number of carbonyl (C=O) groups excluding carboxylic acids is 1. The van der Waals surface area contributed by atoms with Crippen molar-refractivity contribution in [3.05, 3.63) is 35.2 Å². The zero-order valence-electron chi connectivity index (χ0n) is 12.4. The highest BCUT2D eigenvalue weighted by Gasteiger charge is 2.20. The largest absolute Gasteiger partial charge is 0.383 e. The zero-order chi connectivity index (χ0) is 14.4. The summed E-state index contributed by atoms with van der Waals surface area (Å²) in [6, 6.07) is 0. The Hall–Kier alpha value is -1.55. The molecule has 0 atom stereocenters. The van der Waals surface area contributed by atoms with Gasteiger partial charge in [-0.3, -0.25) is 4.79 Å². The van der Waals surface area contributed by atoms with Crippen molar-refractivity contribution in [3.63, 3.8) is 0 Å². The number of carbonyl (C=O) groups is 1. The molecule has 0 aliphatic rings. The van der Waals surface area contributed by atoms with Crippen LogP contribution in [0.5, 0.6) is 0 Å². The van der Waals surface area contributed by atoms with E-state index in [2.05, 4.69) is 25.7 Å². The Morgan fingerprint density at radius 2 is 2.16 bits per heavy atom. The van der Waals surface area contributed by atoms with Crippen molar-refractivity contribution in [3.8, 4) is 0 Å². The topological polar surface area (TPSA) is 43.3 Å². The third kappa shape index (κ3) is 3.26. The second kappa shape index (κ2) is 7.14. The van der Waals surface area contributed by atoms with Gasteiger partial charge in [0.25, 0.3) is 5.91 Å². The van der Waals surface area contributed by atoms with E-state index < -0.39 is 0 Å². The summed E-state index contributed by atoms with van der Waals surface area (Å²) in [5.74, 6) is -0.0424. The quantitative estimate of drug-likeness (QED) is 0.606. The molecule has 0 aliphatic carbocycles. The third-order valence-electron chi connectivity index (χ3n) is 3.39. The van der Waals surface area contributed by atoms with Crippen LogP contribution in [-0.4, -0.2) is 30.7 Å². The molecule has 1 amide bonds. The molecule has 0 unspecified atom stereocenters. The van der Waals surface area contributed by atoms with Crippen LogP contribution in [0.15, 0.2) is 12.7 Å². The standard InChI is InChI=1S/C15H24N2O2/c1-6-9-17-12(4)13(7-2)11(3)14(17)15(18)16-8-10-19-5/h6H,1,7-10H2,2-5H3,(H,16,18). The average molecular weight is 264 g/mol. The van der Waals surface area contributed by atoms with Gasteiger partial charge in [0.05, 0.1) is 6.61 Å². The van der Waals surface area contributed by atoms with Crippen LogP contribution in [0.1, 0.15) is 34.2 Å². The van der Waals surface area contributed by atoms with Crippen LogP contribution < -0.4 is 5.32 Å². The van der Waals surface area contributed by atoms with Gasteiger partial charge in [0.1, 0.15) is 5.69 Å². The van der Waals surface area contributed by atoms with Gasteiger partial charge in [0, 0.05) is 25.9 Å². The summed E-state index contributed by atoms with van der Waals surface area (Å²) in [6.45, 7) is 11.6. The lowest BCUT2D eigenvalue weighted by Gasteiger charge is -2.10. The van der Waals surface area contributed by atoms with Crippen LogP contribution in [-0.2, 0) is 17.7 Å². The number of hydrogen-bond donors (Lipinski definition) is 1. The third-order valence-corrected chi connectivity index (χ3v) is 3.39. The summed E-state index contributed by atoms with van der Waals surface area (Å²) in [4.78, 5) is 12.3.